The normalized spacial score (nSPS) is 19.2. The molecule has 1 amide bonds. The summed E-state index contributed by atoms with van der Waals surface area (Å²) in [6, 6.07) is 3.45. The van der Waals surface area contributed by atoms with E-state index in [9.17, 15) is 13.6 Å². The van der Waals surface area contributed by atoms with Crippen molar-refractivity contribution < 1.29 is 23.0 Å². The van der Waals surface area contributed by atoms with Gasteiger partial charge in [0, 0.05) is 25.1 Å². The van der Waals surface area contributed by atoms with Crippen molar-refractivity contribution >= 4 is 6.09 Å². The van der Waals surface area contributed by atoms with Crippen molar-refractivity contribution in [2.45, 2.75) is 18.9 Å². The number of amides is 1. The largest absolute Gasteiger partial charge is 0.453 e. The van der Waals surface area contributed by atoms with Crippen molar-refractivity contribution in [1.29, 1.82) is 0 Å². The molecule has 1 fully saturated rings. The number of methoxy groups -OCH3 is 1. The predicted octanol–water partition coefficient (Wildman–Crippen LogP) is 2.38. The first-order valence-electron chi connectivity index (χ1n) is 7.70. The summed E-state index contributed by atoms with van der Waals surface area (Å²) in [5.41, 5.74) is 0.481. The maximum atomic E-state index is 13.5. The van der Waals surface area contributed by atoms with E-state index < -0.39 is 23.8 Å². The molecule has 2 rings (SSSR count). The molecule has 1 heterocycles. The number of rotatable bonds is 6. The smallest absolute Gasteiger partial charge is 0.406 e. The zero-order chi connectivity index (χ0) is 16.7. The van der Waals surface area contributed by atoms with Gasteiger partial charge in [-0.25, -0.2) is 13.6 Å². The maximum Gasteiger partial charge on any atom is 0.406 e. The van der Waals surface area contributed by atoms with Gasteiger partial charge in [-0.1, -0.05) is 0 Å². The summed E-state index contributed by atoms with van der Waals surface area (Å²) in [7, 11) is 1.28. The monoisotopic (exact) mass is 328 g/mol. The van der Waals surface area contributed by atoms with E-state index in [1.807, 2.05) is 0 Å². The number of nitrogens with one attached hydrogen (secondary N) is 2. The highest BCUT2D eigenvalue weighted by Crippen LogP contribution is 2.31. The Hall–Kier alpha value is -1.73. The van der Waals surface area contributed by atoms with Gasteiger partial charge in [-0.15, -0.1) is 0 Å². The third kappa shape index (κ3) is 5.44. The molecule has 0 radical (unpaired) electrons. The first-order valence-corrected chi connectivity index (χ1v) is 7.70. The van der Waals surface area contributed by atoms with Gasteiger partial charge in [0.2, 0.25) is 0 Å². The molecule has 2 atom stereocenters. The van der Waals surface area contributed by atoms with Gasteiger partial charge in [-0.05, 0) is 37.1 Å². The standard InChI is InChI=1S/C16H22F2N2O3/c1-22-16(21)20-5-6-23-15(11-3-2-4-19-10-11)12-7-13(17)9-14(18)8-12/h7-9,11,15,19H,2-6,10H2,1H3,(H,20,21)/t11?,15-/m1/s1. The van der Waals surface area contributed by atoms with Crippen molar-refractivity contribution in [3.8, 4) is 0 Å². The molecule has 0 bridgehead atoms. The highest BCUT2D eigenvalue weighted by atomic mass is 19.1. The molecule has 1 aliphatic rings. The van der Waals surface area contributed by atoms with Gasteiger partial charge in [-0.2, -0.15) is 0 Å². The van der Waals surface area contributed by atoms with Crippen LogP contribution in [0.15, 0.2) is 18.2 Å². The SMILES string of the molecule is COC(=O)NCCO[C@@H](c1cc(F)cc(F)c1)C1CCCNC1. The Kier molecular flexibility index (Phi) is 6.73. The maximum absolute atomic E-state index is 13.5. The molecular weight excluding hydrogens is 306 g/mol. The minimum absolute atomic E-state index is 0.128. The molecule has 1 saturated heterocycles. The molecule has 23 heavy (non-hydrogen) atoms. The Labute approximate surface area is 134 Å². The highest BCUT2D eigenvalue weighted by Gasteiger charge is 2.26. The molecule has 128 valence electrons. The number of carbonyl (C=O) groups excluding carboxylic acids is 1. The number of hydrogen-bond acceptors (Lipinski definition) is 4. The second-order valence-electron chi connectivity index (χ2n) is 5.52. The van der Waals surface area contributed by atoms with Crippen molar-refractivity contribution in [1.82, 2.24) is 10.6 Å². The molecule has 7 heteroatoms. The third-order valence-corrected chi connectivity index (χ3v) is 3.83. The molecule has 1 aromatic rings. The van der Waals surface area contributed by atoms with Gasteiger partial charge in [0.15, 0.2) is 0 Å². The minimum Gasteiger partial charge on any atom is -0.453 e. The van der Waals surface area contributed by atoms with E-state index in [2.05, 4.69) is 15.4 Å². The first kappa shape index (κ1) is 17.6. The van der Waals surface area contributed by atoms with E-state index in [1.54, 1.807) is 0 Å². The van der Waals surface area contributed by atoms with Crippen molar-refractivity contribution in [3.63, 3.8) is 0 Å². The summed E-state index contributed by atoms with van der Waals surface area (Å²) >= 11 is 0. The Morgan fingerprint density at radius 2 is 2.13 bits per heavy atom. The van der Waals surface area contributed by atoms with Crippen LogP contribution in [0, 0.1) is 17.6 Å². The lowest BCUT2D eigenvalue weighted by atomic mass is 9.89. The van der Waals surface area contributed by atoms with Crippen LogP contribution in [0.1, 0.15) is 24.5 Å². The molecule has 0 aromatic heterocycles. The molecular formula is C16H22F2N2O3. The summed E-state index contributed by atoms with van der Waals surface area (Å²) < 4.78 is 37.3. The number of piperidine rings is 1. The summed E-state index contributed by atoms with van der Waals surface area (Å²) in [6.07, 6.45) is 0.942. The fourth-order valence-electron chi connectivity index (χ4n) is 2.79. The van der Waals surface area contributed by atoms with Gasteiger partial charge < -0.3 is 20.1 Å². The number of benzene rings is 1. The Bertz CT molecular complexity index is 502. The van der Waals surface area contributed by atoms with Crippen LogP contribution < -0.4 is 10.6 Å². The van der Waals surface area contributed by atoms with E-state index in [-0.39, 0.29) is 19.1 Å². The second-order valence-corrected chi connectivity index (χ2v) is 5.52. The summed E-state index contributed by atoms with van der Waals surface area (Å²) in [4.78, 5) is 11.0. The zero-order valence-electron chi connectivity index (χ0n) is 13.1. The van der Waals surface area contributed by atoms with Crippen molar-refractivity contribution in [2.75, 3.05) is 33.4 Å². The fraction of sp³-hybridized carbons (Fsp3) is 0.562. The molecule has 0 saturated carbocycles. The Morgan fingerprint density at radius 1 is 1.39 bits per heavy atom. The topological polar surface area (TPSA) is 59.6 Å². The van der Waals surface area contributed by atoms with Crippen molar-refractivity contribution in [3.05, 3.63) is 35.4 Å². The van der Waals surface area contributed by atoms with Crippen LogP contribution in [0.25, 0.3) is 0 Å². The number of ether oxygens (including phenoxy) is 2. The molecule has 0 aliphatic carbocycles. The van der Waals surface area contributed by atoms with Crippen molar-refractivity contribution in [2.24, 2.45) is 5.92 Å². The van der Waals surface area contributed by atoms with Crippen LogP contribution in [0.4, 0.5) is 13.6 Å². The number of alkyl carbamates (subject to hydrolysis) is 1. The molecule has 0 spiro atoms. The zero-order valence-corrected chi connectivity index (χ0v) is 13.1. The van der Waals surface area contributed by atoms with Crippen LogP contribution >= 0.6 is 0 Å². The number of carbonyl (C=O) groups is 1. The van der Waals surface area contributed by atoms with E-state index in [0.717, 1.165) is 32.0 Å². The average Bonchev–Trinajstić information content (AvgIpc) is 2.54. The number of halogens is 2. The highest BCUT2D eigenvalue weighted by molar-refractivity contribution is 5.66. The quantitative estimate of drug-likeness (QED) is 0.787. The van der Waals surface area contributed by atoms with E-state index in [4.69, 9.17) is 4.74 Å². The molecule has 1 aromatic carbocycles. The first-order chi connectivity index (χ1) is 11.1. The molecule has 5 nitrogen and oxygen atoms in total. The Balaban J connectivity index is 2.03. The predicted molar refractivity (Wildman–Crippen MR) is 81.1 cm³/mol. The van der Waals surface area contributed by atoms with Gasteiger partial charge in [0.05, 0.1) is 19.8 Å². The van der Waals surface area contributed by atoms with Gasteiger partial charge >= 0.3 is 6.09 Å². The lowest BCUT2D eigenvalue weighted by Crippen LogP contribution is -2.35. The summed E-state index contributed by atoms with van der Waals surface area (Å²) in [6.45, 7) is 2.16. The lowest BCUT2D eigenvalue weighted by molar-refractivity contribution is 0.00439. The molecule has 1 unspecified atom stereocenters. The average molecular weight is 328 g/mol. The van der Waals surface area contributed by atoms with Crippen LogP contribution in [0.3, 0.4) is 0 Å². The molecule has 1 aliphatic heterocycles. The van der Waals surface area contributed by atoms with E-state index >= 15 is 0 Å². The van der Waals surface area contributed by atoms with Crippen LogP contribution in [-0.4, -0.2) is 39.4 Å². The summed E-state index contributed by atoms with van der Waals surface area (Å²) in [5.74, 6) is -1.11. The summed E-state index contributed by atoms with van der Waals surface area (Å²) in [5, 5.41) is 5.79. The number of hydrogen-bond donors (Lipinski definition) is 2. The Morgan fingerprint density at radius 3 is 2.74 bits per heavy atom. The van der Waals surface area contributed by atoms with E-state index in [1.165, 1.54) is 19.2 Å². The van der Waals surface area contributed by atoms with Crippen LogP contribution in [0.5, 0.6) is 0 Å². The third-order valence-electron chi connectivity index (χ3n) is 3.83. The van der Waals surface area contributed by atoms with Crippen LogP contribution in [0.2, 0.25) is 0 Å². The lowest BCUT2D eigenvalue weighted by Gasteiger charge is -2.31. The fourth-order valence-corrected chi connectivity index (χ4v) is 2.79. The molecule has 2 N–H and O–H groups in total. The van der Waals surface area contributed by atoms with Gasteiger partial charge in [0.25, 0.3) is 0 Å². The van der Waals surface area contributed by atoms with Crippen LogP contribution in [-0.2, 0) is 9.47 Å². The second kappa shape index (κ2) is 8.79. The minimum atomic E-state index is -0.620. The van der Waals surface area contributed by atoms with Gasteiger partial charge in [0.1, 0.15) is 11.6 Å². The van der Waals surface area contributed by atoms with E-state index in [0.29, 0.717) is 5.56 Å². The van der Waals surface area contributed by atoms with Gasteiger partial charge in [-0.3, -0.25) is 0 Å².